The van der Waals surface area contributed by atoms with Gasteiger partial charge in [-0.1, -0.05) is 158 Å². The molecule has 0 radical (unpaired) electrons. The quantitative estimate of drug-likeness (QED) is 0.168. The van der Waals surface area contributed by atoms with Crippen LogP contribution < -0.4 is 0 Å². The Balaban J connectivity index is 0.997. The van der Waals surface area contributed by atoms with Gasteiger partial charge in [0.2, 0.25) is 0 Å². The van der Waals surface area contributed by atoms with Gasteiger partial charge >= 0.3 is 0 Å². The molecule has 1 fully saturated rings. The lowest BCUT2D eigenvalue weighted by Gasteiger charge is -2.23. The van der Waals surface area contributed by atoms with E-state index in [0.29, 0.717) is 29.3 Å². The van der Waals surface area contributed by atoms with Gasteiger partial charge in [-0.15, -0.1) is 0 Å². The Morgan fingerprint density at radius 1 is 0.309 bits per heavy atom. The predicted molar refractivity (Wildman–Crippen MR) is 227 cm³/mol. The summed E-state index contributed by atoms with van der Waals surface area (Å²) >= 11 is 0. The molecule has 1 heterocycles. The van der Waals surface area contributed by atoms with E-state index in [1.807, 2.05) is 18.2 Å². The van der Waals surface area contributed by atoms with Gasteiger partial charge in [-0.2, -0.15) is 0 Å². The van der Waals surface area contributed by atoms with Crippen molar-refractivity contribution >= 4 is 43.1 Å². The van der Waals surface area contributed by atoms with Gasteiger partial charge in [0.15, 0.2) is 17.5 Å². The van der Waals surface area contributed by atoms with Gasteiger partial charge in [0.05, 0.1) is 0 Å². The average molecular weight is 700 g/mol. The molecule has 256 valence electrons. The van der Waals surface area contributed by atoms with Crippen LogP contribution in [0.3, 0.4) is 0 Å². The fourth-order valence-electron chi connectivity index (χ4n) is 9.19. The molecule has 0 bridgehead atoms. The Bertz CT molecular complexity index is 3170. The summed E-state index contributed by atoms with van der Waals surface area (Å²) in [5.41, 5.74) is 11.0. The van der Waals surface area contributed by atoms with E-state index in [1.165, 1.54) is 77.5 Å². The normalized spacial score (nSPS) is 15.6. The van der Waals surface area contributed by atoms with Crippen LogP contribution in [0.4, 0.5) is 0 Å². The van der Waals surface area contributed by atoms with E-state index < -0.39 is 0 Å². The summed E-state index contributed by atoms with van der Waals surface area (Å²) in [5.74, 6) is 3.12. The molecule has 55 heavy (non-hydrogen) atoms. The Morgan fingerprint density at radius 2 is 0.745 bits per heavy atom. The third-order valence-corrected chi connectivity index (χ3v) is 11.9. The maximum Gasteiger partial charge on any atom is 0.164 e. The molecular formula is C52H33N3. The van der Waals surface area contributed by atoms with Crippen LogP contribution in [0.1, 0.15) is 29.4 Å². The first-order chi connectivity index (χ1) is 27.2. The second-order valence-corrected chi connectivity index (χ2v) is 15.1. The summed E-state index contributed by atoms with van der Waals surface area (Å²) in [4.78, 5) is 15.1. The number of aromatic nitrogens is 3. The zero-order chi connectivity index (χ0) is 36.0. The van der Waals surface area contributed by atoms with Crippen LogP contribution in [0.2, 0.25) is 0 Å². The van der Waals surface area contributed by atoms with Crippen LogP contribution in [-0.2, 0) is 0 Å². The fourth-order valence-corrected chi connectivity index (χ4v) is 9.19. The molecule has 2 aliphatic rings. The van der Waals surface area contributed by atoms with Crippen LogP contribution in [0, 0.1) is 0 Å². The summed E-state index contributed by atoms with van der Waals surface area (Å²) in [5, 5.41) is 10.6. The standard InChI is InChI=1S/C52H33N3/c1-3-11-31(12-4-1)38-26-44-40-17-9-10-18-41(40)45-27-39(29-47-43-30-42(43)46(28-38)48(44)49(45)47)33-19-22-35(23-20-33)51-53-50(34-14-5-2-6-15-34)54-52(55-51)37-24-21-32-13-7-8-16-36(32)25-37/h1-29,42-43H,30H2. The third-order valence-electron chi connectivity index (χ3n) is 11.9. The highest BCUT2D eigenvalue weighted by Gasteiger charge is 2.45. The summed E-state index contributed by atoms with van der Waals surface area (Å²) in [7, 11) is 0. The molecule has 12 rings (SSSR count). The molecular weight excluding hydrogens is 667 g/mol. The highest BCUT2D eigenvalue weighted by Crippen LogP contribution is 2.63. The van der Waals surface area contributed by atoms with Gasteiger partial charge in [-0.25, -0.2) is 15.0 Å². The van der Waals surface area contributed by atoms with Gasteiger partial charge in [0.1, 0.15) is 0 Å². The van der Waals surface area contributed by atoms with E-state index in [9.17, 15) is 0 Å². The Morgan fingerprint density at radius 3 is 1.35 bits per heavy atom. The summed E-state index contributed by atoms with van der Waals surface area (Å²) in [6, 6.07) is 63.5. The lowest BCUT2D eigenvalue weighted by atomic mass is 9.80. The maximum absolute atomic E-state index is 5.07. The highest BCUT2D eigenvalue weighted by atomic mass is 15.0. The van der Waals surface area contributed by atoms with Crippen molar-refractivity contribution in [2.24, 2.45) is 0 Å². The lowest BCUT2D eigenvalue weighted by Crippen LogP contribution is -2.00. The Hall–Kier alpha value is -6.97. The molecule has 9 aromatic carbocycles. The van der Waals surface area contributed by atoms with E-state index in [4.69, 9.17) is 15.0 Å². The van der Waals surface area contributed by atoms with Gasteiger partial charge in [-0.05, 0) is 113 Å². The fraction of sp³-hybridized carbons (Fsp3) is 0.0577. The lowest BCUT2D eigenvalue weighted by molar-refractivity contribution is 1.04. The number of hydrogen-bond donors (Lipinski definition) is 0. The summed E-state index contributed by atoms with van der Waals surface area (Å²) in [6.07, 6.45) is 1.21. The molecule has 0 saturated heterocycles. The first-order valence-corrected chi connectivity index (χ1v) is 19.2. The van der Waals surface area contributed by atoms with Crippen molar-refractivity contribution in [3.8, 4) is 56.4 Å². The molecule has 3 heteroatoms. The Kier molecular flexibility index (Phi) is 6.52. The average Bonchev–Trinajstić information content (AvgIpc) is 4.08. The van der Waals surface area contributed by atoms with E-state index in [2.05, 4.69) is 158 Å². The van der Waals surface area contributed by atoms with Crippen LogP contribution in [0.15, 0.2) is 176 Å². The zero-order valence-electron chi connectivity index (χ0n) is 29.9. The minimum absolute atomic E-state index is 0.555. The summed E-state index contributed by atoms with van der Waals surface area (Å²) in [6.45, 7) is 0. The molecule has 1 saturated carbocycles. The van der Waals surface area contributed by atoms with Gasteiger partial charge in [0.25, 0.3) is 0 Å². The molecule has 0 N–H and O–H groups in total. The van der Waals surface area contributed by atoms with Crippen molar-refractivity contribution in [3.05, 3.63) is 187 Å². The minimum atomic E-state index is 0.555. The smallest absolute Gasteiger partial charge is 0.164 e. The molecule has 2 atom stereocenters. The molecule has 0 spiro atoms. The molecule has 10 aromatic rings. The molecule has 2 unspecified atom stereocenters. The largest absolute Gasteiger partial charge is 0.208 e. The second kappa shape index (κ2) is 11.8. The van der Waals surface area contributed by atoms with Crippen molar-refractivity contribution in [3.63, 3.8) is 0 Å². The van der Waals surface area contributed by atoms with Crippen molar-refractivity contribution in [2.45, 2.75) is 18.3 Å². The predicted octanol–water partition coefficient (Wildman–Crippen LogP) is 13.4. The number of benzene rings is 9. The molecule has 0 amide bonds. The monoisotopic (exact) mass is 699 g/mol. The first kappa shape index (κ1) is 30.5. The maximum atomic E-state index is 5.07. The molecule has 3 nitrogen and oxygen atoms in total. The molecule has 0 aliphatic heterocycles. The molecule has 2 aliphatic carbocycles. The topological polar surface area (TPSA) is 38.7 Å². The van der Waals surface area contributed by atoms with E-state index in [0.717, 1.165) is 22.1 Å². The number of rotatable bonds is 5. The SMILES string of the molecule is c1ccc(-c2cc3c4c(c2)c2ccccc2c2cc(-c5ccc(-c6nc(-c7ccccc7)nc(-c7ccc8ccccc8c7)n6)cc5)cc(c24)C2CC32)cc1. The van der Waals surface area contributed by atoms with Crippen LogP contribution in [0.5, 0.6) is 0 Å². The Labute approximate surface area is 318 Å². The van der Waals surface area contributed by atoms with Crippen LogP contribution >= 0.6 is 0 Å². The van der Waals surface area contributed by atoms with Crippen molar-refractivity contribution < 1.29 is 0 Å². The second-order valence-electron chi connectivity index (χ2n) is 15.1. The highest BCUT2D eigenvalue weighted by molar-refractivity contribution is 6.29. The van der Waals surface area contributed by atoms with E-state index in [1.54, 1.807) is 0 Å². The first-order valence-electron chi connectivity index (χ1n) is 19.2. The number of nitrogens with zero attached hydrogens (tertiary/aromatic N) is 3. The van der Waals surface area contributed by atoms with Crippen LogP contribution in [-0.4, -0.2) is 15.0 Å². The van der Waals surface area contributed by atoms with Crippen molar-refractivity contribution in [2.75, 3.05) is 0 Å². The third kappa shape index (κ3) is 4.86. The summed E-state index contributed by atoms with van der Waals surface area (Å²) < 4.78 is 0. The number of fused-ring (bicyclic) bond motifs is 7. The van der Waals surface area contributed by atoms with E-state index in [-0.39, 0.29) is 0 Å². The van der Waals surface area contributed by atoms with E-state index >= 15 is 0 Å². The van der Waals surface area contributed by atoms with Gasteiger partial charge in [-0.3, -0.25) is 0 Å². The number of hydrogen-bond acceptors (Lipinski definition) is 3. The molecule has 1 aromatic heterocycles. The van der Waals surface area contributed by atoms with Gasteiger partial charge < -0.3 is 0 Å². The van der Waals surface area contributed by atoms with Crippen molar-refractivity contribution in [1.82, 2.24) is 15.0 Å². The van der Waals surface area contributed by atoms with Gasteiger partial charge in [0, 0.05) is 16.7 Å². The zero-order valence-corrected chi connectivity index (χ0v) is 29.9. The minimum Gasteiger partial charge on any atom is -0.208 e. The van der Waals surface area contributed by atoms with Crippen molar-refractivity contribution in [1.29, 1.82) is 0 Å². The van der Waals surface area contributed by atoms with Crippen LogP contribution in [0.25, 0.3) is 99.5 Å².